The van der Waals surface area contributed by atoms with E-state index in [1.807, 2.05) is 30.5 Å². The van der Waals surface area contributed by atoms with Gasteiger partial charge in [0.1, 0.15) is 17.5 Å². The number of alkyl halides is 6. The van der Waals surface area contributed by atoms with Crippen molar-refractivity contribution in [3.63, 3.8) is 0 Å². The van der Waals surface area contributed by atoms with Gasteiger partial charge in [0.2, 0.25) is 11.6 Å². The number of pyridine rings is 1. The lowest BCUT2D eigenvalue weighted by Gasteiger charge is -2.44. The van der Waals surface area contributed by atoms with Crippen LogP contribution >= 0.6 is 11.6 Å². The van der Waals surface area contributed by atoms with Crippen LogP contribution in [0.2, 0.25) is 5.02 Å². The number of hydrogen-bond acceptors (Lipinski definition) is 16. The Bertz CT molecular complexity index is 4380. The number of ether oxygens (including phenoxy) is 2. The third-order valence-electron chi connectivity index (χ3n) is 29.5. The fourth-order valence-corrected chi connectivity index (χ4v) is 22.0. The lowest BCUT2D eigenvalue weighted by molar-refractivity contribution is -0.184. The number of halogens is 9. The van der Waals surface area contributed by atoms with Gasteiger partial charge in [-0.25, -0.2) is 18.7 Å². The fraction of sp³-hybridized carbons (Fsp3) is 0.624. The summed E-state index contributed by atoms with van der Waals surface area (Å²) in [5, 5.41) is 7.88. The summed E-state index contributed by atoms with van der Waals surface area (Å²) in [5.41, 5.74) is 39.5. The molecular formula is C93H126ClF8N15O2. The Morgan fingerprint density at radius 2 is 0.958 bits per heavy atom. The van der Waals surface area contributed by atoms with Crippen LogP contribution in [0.25, 0.3) is 0 Å². The molecule has 0 amide bonds. The maximum Gasteiger partial charge on any atom is 0.451 e. The number of piperidine rings is 1. The van der Waals surface area contributed by atoms with Crippen LogP contribution in [0.4, 0.5) is 35.1 Å². The summed E-state index contributed by atoms with van der Waals surface area (Å²) in [6.07, 6.45) is 23.2. The summed E-state index contributed by atoms with van der Waals surface area (Å²) in [4.78, 5) is 22.5. The van der Waals surface area contributed by atoms with Gasteiger partial charge in [-0.3, -0.25) is 14.8 Å². The summed E-state index contributed by atoms with van der Waals surface area (Å²) >= 11 is 6.22. The molecule has 26 heteroatoms. The van der Waals surface area contributed by atoms with Crippen molar-refractivity contribution in [3.8, 4) is 0 Å². The van der Waals surface area contributed by atoms with E-state index in [0.717, 1.165) is 125 Å². The van der Waals surface area contributed by atoms with Crippen molar-refractivity contribution in [1.29, 1.82) is 0 Å². The van der Waals surface area contributed by atoms with Crippen LogP contribution < -0.4 is 28.7 Å². The third kappa shape index (κ3) is 20.5. The minimum atomic E-state index is -4.51. The van der Waals surface area contributed by atoms with Gasteiger partial charge in [-0.1, -0.05) is 96.9 Å². The van der Waals surface area contributed by atoms with E-state index in [4.69, 9.17) is 49.7 Å². The number of aryl methyl sites for hydroxylation is 1. The molecule has 6 aliphatic carbocycles. The zero-order valence-electron chi connectivity index (χ0n) is 69.6. The highest BCUT2D eigenvalue weighted by Crippen LogP contribution is 2.50. The first-order valence-corrected chi connectivity index (χ1v) is 44.7. The Balaban J connectivity index is 0.000000124. The minimum Gasteiger partial charge on any atom is -0.348 e. The number of aromatic nitrogens is 6. The largest absolute Gasteiger partial charge is 0.451 e. The molecule has 3 saturated heterocycles. The van der Waals surface area contributed by atoms with Crippen LogP contribution in [0.1, 0.15) is 247 Å². The average molecular weight is 1670 g/mol. The zero-order chi connectivity index (χ0) is 83.6. The van der Waals surface area contributed by atoms with Crippen LogP contribution in [0.15, 0.2) is 121 Å². The molecule has 8 heterocycles. The third-order valence-corrected chi connectivity index (χ3v) is 29.8. The predicted molar refractivity (Wildman–Crippen MR) is 450 cm³/mol. The molecule has 10 N–H and O–H groups in total. The number of nitrogens with two attached hydrogens (primary N) is 5. The molecule has 9 fully saturated rings. The van der Waals surface area contributed by atoms with Gasteiger partial charge < -0.3 is 52.5 Å². The molecule has 0 radical (unpaired) electrons. The maximum absolute atomic E-state index is 14.1. The molecule has 4 aromatic carbocycles. The van der Waals surface area contributed by atoms with E-state index >= 15 is 0 Å². The Labute approximate surface area is 703 Å². The second kappa shape index (κ2) is 38.8. The standard InChI is InChI=1S/C24H28ClF3N4.C19H25F3N6.C18H28N2.C17H26N2.C15H19F2NO2/c25-17-3-1-2-16(12-17)23(14-29)9-6-18(7-10-23)32-11-8-19-20(13-32)30-22(24(26,27)28)31-21(19)15-4-5-15;1-13-4-7-24-15(10-13)18(12-23)5-2-14(3-6-18)27-8-9-28-16(11-27)25-26-17(28)19(20,21)22;19-15-18(16-7-3-1-4-8-16)11-9-17(10-12-18)20-13-5-2-6-14-20;18-14-17(15-6-2-1-3-7-15)10-8-16(9-11-17)19-12-4-5-13-19;16-11-1-2-12(13(17)9-11)14(10-18)3-5-15(6-4-14)19-7-8-20-15/h1-3,12,15,18H,4-11,13-14,29H2;4,7,10,14H,2-3,5-6,8-9,11-12,23H2,1H3;1,3-4,7-8,17H,2,5-6,9-15,19H2;1-3,6-7,16H,4-5,8-14,18H2;1-2,9H,3-8,10,18H2. The normalized spacial score (nSPS) is 28.0. The number of rotatable bonds is 15. The van der Waals surface area contributed by atoms with Crippen molar-refractivity contribution in [1.82, 2.24) is 49.3 Å². The number of hydrogen-bond donors (Lipinski definition) is 5. The Morgan fingerprint density at radius 1 is 0.462 bits per heavy atom. The quantitative estimate of drug-likeness (QED) is 0.0601. The van der Waals surface area contributed by atoms with Crippen LogP contribution in [-0.2, 0) is 75.0 Å². The molecule has 7 aromatic rings. The minimum absolute atomic E-state index is 0.0835. The second-order valence-electron chi connectivity index (χ2n) is 36.3. The summed E-state index contributed by atoms with van der Waals surface area (Å²) in [7, 11) is 0. The number of fused-ring (bicyclic) bond motifs is 2. The highest BCUT2D eigenvalue weighted by Gasteiger charge is 2.50. The lowest BCUT2D eigenvalue weighted by atomic mass is 9.67. The van der Waals surface area contributed by atoms with Gasteiger partial charge in [0.05, 0.1) is 31.1 Å². The summed E-state index contributed by atoms with van der Waals surface area (Å²) < 4.78 is 119. The summed E-state index contributed by atoms with van der Waals surface area (Å²) in [5.74, 6) is -2.88. The molecule has 119 heavy (non-hydrogen) atoms. The Kier molecular flexibility index (Phi) is 28.9. The monoisotopic (exact) mass is 1670 g/mol. The van der Waals surface area contributed by atoms with Crippen molar-refractivity contribution in [2.24, 2.45) is 28.7 Å². The highest BCUT2D eigenvalue weighted by atomic mass is 35.5. The van der Waals surface area contributed by atoms with Gasteiger partial charge in [0, 0.05) is 152 Å². The molecule has 1 spiro atoms. The average Bonchev–Trinajstić information content (AvgIpc) is 1.60. The molecule has 648 valence electrons. The van der Waals surface area contributed by atoms with Gasteiger partial charge in [0.25, 0.3) is 0 Å². The molecule has 18 rings (SSSR count). The van der Waals surface area contributed by atoms with Gasteiger partial charge >= 0.3 is 12.4 Å². The molecule has 6 saturated carbocycles. The Hall–Kier alpha value is -6.46. The smallest absolute Gasteiger partial charge is 0.348 e. The molecule has 0 unspecified atom stereocenters. The van der Waals surface area contributed by atoms with Crippen LogP contribution in [0.3, 0.4) is 0 Å². The highest BCUT2D eigenvalue weighted by molar-refractivity contribution is 6.30. The van der Waals surface area contributed by atoms with Crippen molar-refractivity contribution in [3.05, 3.63) is 206 Å². The summed E-state index contributed by atoms with van der Waals surface area (Å²) in [6.45, 7) is 14.2. The van der Waals surface area contributed by atoms with Crippen molar-refractivity contribution >= 4 is 11.6 Å². The number of benzene rings is 4. The van der Waals surface area contributed by atoms with E-state index in [1.54, 1.807) is 0 Å². The van der Waals surface area contributed by atoms with Crippen LogP contribution in [-0.4, -0.2) is 164 Å². The van der Waals surface area contributed by atoms with Gasteiger partial charge in [0.15, 0.2) is 5.79 Å². The van der Waals surface area contributed by atoms with Crippen molar-refractivity contribution < 1.29 is 44.6 Å². The zero-order valence-corrected chi connectivity index (χ0v) is 70.4. The van der Waals surface area contributed by atoms with Crippen molar-refractivity contribution in [2.75, 3.05) is 85.2 Å². The second-order valence-corrected chi connectivity index (χ2v) is 36.7. The van der Waals surface area contributed by atoms with Gasteiger partial charge in [-0.15, -0.1) is 10.2 Å². The van der Waals surface area contributed by atoms with Crippen LogP contribution in [0, 0.1) is 18.6 Å². The molecule has 17 nitrogen and oxygen atoms in total. The molecule has 5 aliphatic heterocycles. The SMILES string of the molecule is Cc1ccnc(C2(CN)CCC(N3CCn4c(nnc4C(F)(F)F)C3)CC2)c1.NCC1(c2ccc(F)cc2F)CCC2(CC1)OCCO2.NCC1(c2cccc(Cl)c2)CCC(N2CCc3c(nc(C(F)(F)F)nc3C3CC3)C2)CC1.NCC1(c2ccccc2)CCC(N2CCCC2)CC1.NCC1(c2ccccc2)CCC(N2CCCCC2)CC1. The van der Waals surface area contributed by atoms with Crippen molar-refractivity contribution in [2.45, 2.75) is 282 Å². The summed E-state index contributed by atoms with van der Waals surface area (Å²) in [6, 6.07) is 40.0. The molecule has 3 aromatic heterocycles. The van der Waals surface area contributed by atoms with E-state index in [9.17, 15) is 35.1 Å². The van der Waals surface area contributed by atoms with E-state index in [1.165, 1.54) is 149 Å². The molecular weight excluding hydrogens is 1550 g/mol. The first kappa shape index (κ1) is 88.8. The first-order chi connectivity index (χ1) is 57.4. The maximum atomic E-state index is 14.1. The van der Waals surface area contributed by atoms with E-state index in [-0.39, 0.29) is 34.1 Å². The molecule has 11 aliphatic rings. The van der Waals surface area contributed by atoms with Gasteiger partial charge in [-0.2, -0.15) is 26.3 Å². The van der Waals surface area contributed by atoms with E-state index in [0.29, 0.717) is 113 Å². The lowest BCUT2D eigenvalue weighted by Crippen LogP contribution is -2.48. The fourth-order valence-electron chi connectivity index (χ4n) is 21.8. The van der Waals surface area contributed by atoms with Crippen LogP contribution in [0.5, 0.6) is 0 Å². The molecule has 0 atom stereocenters. The predicted octanol–water partition coefficient (Wildman–Crippen LogP) is 16.6. The van der Waals surface area contributed by atoms with E-state index in [2.05, 4.69) is 124 Å². The van der Waals surface area contributed by atoms with Gasteiger partial charge in [-0.05, 0) is 257 Å². The first-order valence-electron chi connectivity index (χ1n) is 44.3. The Morgan fingerprint density at radius 3 is 1.45 bits per heavy atom. The topological polar surface area (TPSA) is 231 Å². The number of nitrogens with zero attached hydrogens (tertiary/aromatic N) is 10. The molecule has 0 bridgehead atoms. The number of likely N-dealkylation sites (tertiary alicyclic amines) is 2. The van der Waals surface area contributed by atoms with E-state index < -0.39 is 46.8 Å².